The van der Waals surface area contributed by atoms with Crippen LogP contribution in [0.25, 0.3) is 10.8 Å². The van der Waals surface area contributed by atoms with Crippen LogP contribution in [-0.2, 0) is 6.54 Å². The van der Waals surface area contributed by atoms with E-state index in [2.05, 4.69) is 5.32 Å². The zero-order valence-electron chi connectivity index (χ0n) is 11.0. The highest BCUT2D eigenvalue weighted by Crippen LogP contribution is 2.22. The van der Waals surface area contributed by atoms with Gasteiger partial charge in [-0.25, -0.2) is 13.2 Å². The van der Waals surface area contributed by atoms with E-state index < -0.39 is 17.5 Å². The maximum Gasteiger partial charge on any atom is 0.182 e. The Bertz CT molecular complexity index is 794. The number of rotatable bonds is 3. The molecule has 3 aromatic carbocycles. The van der Waals surface area contributed by atoms with Crippen LogP contribution in [0.1, 0.15) is 5.56 Å². The lowest BCUT2D eigenvalue weighted by Gasteiger charge is -2.10. The van der Waals surface area contributed by atoms with Gasteiger partial charge in [0, 0.05) is 18.7 Å². The fraction of sp³-hybridized carbons (Fsp3) is 0.0588. The van der Waals surface area contributed by atoms with Crippen molar-refractivity contribution in [3.05, 3.63) is 77.6 Å². The summed E-state index contributed by atoms with van der Waals surface area (Å²) in [4.78, 5) is 0. The predicted octanol–water partition coefficient (Wildman–Crippen LogP) is 4.87. The van der Waals surface area contributed by atoms with Crippen LogP contribution in [0.15, 0.2) is 54.6 Å². The Balaban J connectivity index is 1.91. The smallest absolute Gasteiger partial charge is 0.182 e. The molecule has 0 saturated heterocycles. The van der Waals surface area contributed by atoms with E-state index in [1.165, 1.54) is 0 Å². The summed E-state index contributed by atoms with van der Waals surface area (Å²) in [5.41, 5.74) is 0.748. The van der Waals surface area contributed by atoms with Crippen molar-refractivity contribution in [1.82, 2.24) is 0 Å². The van der Waals surface area contributed by atoms with E-state index in [-0.39, 0.29) is 12.2 Å². The second-order valence-corrected chi connectivity index (χ2v) is 4.74. The second kappa shape index (κ2) is 5.48. The normalized spacial score (nSPS) is 10.8. The molecule has 0 atom stereocenters. The largest absolute Gasteiger partial charge is 0.378 e. The standard InChI is InChI=1S/C17H12F3N/c18-13-8-15(19)17(20)16(9-13)21-10-12-6-3-5-11-4-1-2-7-14(11)12/h1-9,21H,10H2. The maximum absolute atomic E-state index is 13.6. The lowest BCUT2D eigenvalue weighted by Crippen LogP contribution is -2.04. The quantitative estimate of drug-likeness (QED) is 0.678. The zero-order valence-corrected chi connectivity index (χ0v) is 11.0. The summed E-state index contributed by atoms with van der Waals surface area (Å²) < 4.78 is 39.9. The molecule has 0 heterocycles. The van der Waals surface area contributed by atoms with Gasteiger partial charge in [0.15, 0.2) is 11.6 Å². The third-order valence-corrected chi connectivity index (χ3v) is 3.34. The van der Waals surface area contributed by atoms with Crippen molar-refractivity contribution in [3.63, 3.8) is 0 Å². The molecule has 0 radical (unpaired) electrons. The highest BCUT2D eigenvalue weighted by atomic mass is 19.2. The minimum atomic E-state index is -1.20. The first-order valence-corrected chi connectivity index (χ1v) is 6.50. The molecule has 0 spiro atoms. The summed E-state index contributed by atoms with van der Waals surface area (Å²) in [6.07, 6.45) is 0. The molecular formula is C17H12F3N. The van der Waals surface area contributed by atoms with Crippen LogP contribution < -0.4 is 5.32 Å². The Morgan fingerprint density at radius 2 is 1.62 bits per heavy atom. The molecule has 0 saturated carbocycles. The zero-order chi connectivity index (χ0) is 14.8. The predicted molar refractivity (Wildman–Crippen MR) is 77.6 cm³/mol. The molecule has 0 amide bonds. The lowest BCUT2D eigenvalue weighted by atomic mass is 10.0. The molecule has 0 aliphatic carbocycles. The SMILES string of the molecule is Fc1cc(F)c(F)c(NCc2cccc3ccccc23)c1. The van der Waals surface area contributed by atoms with Gasteiger partial charge in [0.05, 0.1) is 5.69 Å². The minimum absolute atomic E-state index is 0.180. The van der Waals surface area contributed by atoms with Crippen molar-refractivity contribution >= 4 is 16.5 Å². The highest BCUT2D eigenvalue weighted by molar-refractivity contribution is 5.85. The molecule has 4 heteroatoms. The molecule has 1 nitrogen and oxygen atoms in total. The Morgan fingerprint density at radius 1 is 0.857 bits per heavy atom. The van der Waals surface area contributed by atoms with Gasteiger partial charge in [0.25, 0.3) is 0 Å². The van der Waals surface area contributed by atoms with Crippen LogP contribution in [-0.4, -0.2) is 0 Å². The average molecular weight is 287 g/mol. The van der Waals surface area contributed by atoms with Crippen molar-refractivity contribution in [3.8, 4) is 0 Å². The summed E-state index contributed by atoms with van der Waals surface area (Å²) in [6, 6.07) is 15.0. The van der Waals surface area contributed by atoms with Gasteiger partial charge in [-0.2, -0.15) is 0 Å². The molecule has 1 N–H and O–H groups in total. The van der Waals surface area contributed by atoms with Gasteiger partial charge in [0.1, 0.15) is 5.82 Å². The number of halogens is 3. The Morgan fingerprint density at radius 3 is 2.48 bits per heavy atom. The first-order chi connectivity index (χ1) is 10.1. The number of anilines is 1. The Hall–Kier alpha value is -2.49. The fourth-order valence-electron chi connectivity index (χ4n) is 2.32. The van der Waals surface area contributed by atoms with E-state index in [1.54, 1.807) is 0 Å². The monoisotopic (exact) mass is 287 g/mol. The minimum Gasteiger partial charge on any atom is -0.378 e. The van der Waals surface area contributed by atoms with Gasteiger partial charge in [-0.15, -0.1) is 0 Å². The topological polar surface area (TPSA) is 12.0 Å². The number of fused-ring (bicyclic) bond motifs is 1. The molecular weight excluding hydrogens is 275 g/mol. The molecule has 3 aromatic rings. The molecule has 106 valence electrons. The van der Waals surface area contributed by atoms with E-state index in [0.29, 0.717) is 6.07 Å². The third kappa shape index (κ3) is 2.70. The maximum atomic E-state index is 13.6. The van der Waals surface area contributed by atoms with Crippen molar-refractivity contribution in [2.24, 2.45) is 0 Å². The number of hydrogen-bond donors (Lipinski definition) is 1. The first kappa shape index (κ1) is 13.5. The molecule has 0 aromatic heterocycles. The van der Waals surface area contributed by atoms with E-state index in [9.17, 15) is 13.2 Å². The summed E-state index contributed by atoms with van der Waals surface area (Å²) in [5, 5.41) is 4.82. The molecule has 0 bridgehead atoms. The highest BCUT2D eigenvalue weighted by Gasteiger charge is 2.11. The Labute approximate surface area is 120 Å². The van der Waals surface area contributed by atoms with Crippen LogP contribution in [0.5, 0.6) is 0 Å². The summed E-state index contributed by atoms with van der Waals surface area (Å²) in [7, 11) is 0. The summed E-state index contributed by atoms with van der Waals surface area (Å²) in [6.45, 7) is 0.279. The van der Waals surface area contributed by atoms with Crippen LogP contribution in [0.4, 0.5) is 18.9 Å². The average Bonchev–Trinajstić information content (AvgIpc) is 2.49. The van der Waals surface area contributed by atoms with E-state index in [0.717, 1.165) is 22.4 Å². The van der Waals surface area contributed by atoms with Crippen molar-refractivity contribution in [2.45, 2.75) is 6.54 Å². The summed E-state index contributed by atoms with van der Waals surface area (Å²) in [5.74, 6) is -3.08. The van der Waals surface area contributed by atoms with Gasteiger partial charge in [-0.1, -0.05) is 42.5 Å². The van der Waals surface area contributed by atoms with Crippen molar-refractivity contribution < 1.29 is 13.2 Å². The van der Waals surface area contributed by atoms with Crippen LogP contribution in [0.2, 0.25) is 0 Å². The number of hydrogen-bond acceptors (Lipinski definition) is 1. The Kier molecular flexibility index (Phi) is 3.52. The molecule has 21 heavy (non-hydrogen) atoms. The molecule has 3 rings (SSSR count). The van der Waals surface area contributed by atoms with Crippen LogP contribution in [0, 0.1) is 17.5 Å². The third-order valence-electron chi connectivity index (χ3n) is 3.34. The van der Waals surface area contributed by atoms with Gasteiger partial charge in [-0.05, 0) is 16.3 Å². The fourth-order valence-corrected chi connectivity index (χ4v) is 2.32. The molecule has 0 aliphatic heterocycles. The molecule has 0 aliphatic rings. The lowest BCUT2D eigenvalue weighted by molar-refractivity contribution is 0.497. The molecule has 0 unspecified atom stereocenters. The second-order valence-electron chi connectivity index (χ2n) is 4.74. The van der Waals surface area contributed by atoms with Gasteiger partial charge in [0.2, 0.25) is 0 Å². The summed E-state index contributed by atoms with van der Waals surface area (Å²) >= 11 is 0. The molecule has 0 fully saturated rings. The van der Waals surface area contributed by atoms with Crippen LogP contribution in [0.3, 0.4) is 0 Å². The van der Waals surface area contributed by atoms with Crippen molar-refractivity contribution in [1.29, 1.82) is 0 Å². The van der Waals surface area contributed by atoms with Gasteiger partial charge >= 0.3 is 0 Å². The first-order valence-electron chi connectivity index (χ1n) is 6.50. The number of benzene rings is 3. The number of nitrogens with one attached hydrogen (secondary N) is 1. The van der Waals surface area contributed by atoms with Crippen molar-refractivity contribution in [2.75, 3.05) is 5.32 Å². The van der Waals surface area contributed by atoms with E-state index >= 15 is 0 Å². The van der Waals surface area contributed by atoms with Crippen LogP contribution >= 0.6 is 0 Å². The van der Waals surface area contributed by atoms with Gasteiger partial charge < -0.3 is 5.32 Å². The van der Waals surface area contributed by atoms with E-state index in [1.807, 2.05) is 42.5 Å². The van der Waals surface area contributed by atoms with E-state index in [4.69, 9.17) is 0 Å². The van der Waals surface area contributed by atoms with Gasteiger partial charge in [-0.3, -0.25) is 0 Å².